The van der Waals surface area contributed by atoms with E-state index in [4.69, 9.17) is 0 Å². The van der Waals surface area contributed by atoms with Gasteiger partial charge in [0.2, 0.25) is 0 Å². The minimum Gasteiger partial charge on any atom is -0.310 e. The normalized spacial score (nSPS) is 30.1. The van der Waals surface area contributed by atoms with Crippen LogP contribution in [0, 0.1) is 5.92 Å². The Balaban J connectivity index is 2.23. The highest BCUT2D eigenvalue weighted by Crippen LogP contribution is 2.33. The number of rotatable bonds is 5. The van der Waals surface area contributed by atoms with Crippen LogP contribution >= 0.6 is 0 Å². The third-order valence-corrected chi connectivity index (χ3v) is 3.60. The first-order valence-corrected chi connectivity index (χ1v) is 6.92. The molecule has 78 valence electrons. The Bertz CT molecular complexity index is 261. The smallest absolute Gasteiger partial charge is 0.148 e. The van der Waals surface area contributed by atoms with Crippen molar-refractivity contribution >= 4 is 9.84 Å². The molecule has 3 nitrogen and oxygen atoms in total. The van der Waals surface area contributed by atoms with Crippen molar-refractivity contribution in [1.82, 2.24) is 5.32 Å². The standard InChI is InChI=1S/C9H19NO2S/c1-4-8-5-9(8)10-7(2)6-13(3,11)12/h7-10H,4-6H2,1-3H3. The molecule has 3 atom stereocenters. The second-order valence-electron chi connectivity index (χ2n) is 4.17. The first kappa shape index (κ1) is 11.0. The van der Waals surface area contributed by atoms with E-state index in [2.05, 4.69) is 12.2 Å². The van der Waals surface area contributed by atoms with Gasteiger partial charge in [-0.15, -0.1) is 0 Å². The highest BCUT2D eigenvalue weighted by atomic mass is 32.2. The zero-order valence-corrected chi connectivity index (χ0v) is 9.39. The summed E-state index contributed by atoms with van der Waals surface area (Å²) in [6.07, 6.45) is 3.70. The predicted molar refractivity (Wildman–Crippen MR) is 54.5 cm³/mol. The quantitative estimate of drug-likeness (QED) is 0.722. The lowest BCUT2D eigenvalue weighted by Crippen LogP contribution is -2.34. The van der Waals surface area contributed by atoms with Gasteiger partial charge in [0, 0.05) is 18.3 Å². The third-order valence-electron chi connectivity index (χ3n) is 2.50. The van der Waals surface area contributed by atoms with Crippen LogP contribution in [0.2, 0.25) is 0 Å². The molecule has 4 heteroatoms. The molecule has 1 rings (SSSR count). The molecule has 0 aromatic carbocycles. The predicted octanol–water partition coefficient (Wildman–Crippen LogP) is 0.808. The van der Waals surface area contributed by atoms with Crippen LogP contribution in [0.15, 0.2) is 0 Å². The third kappa shape index (κ3) is 4.09. The van der Waals surface area contributed by atoms with Crippen molar-refractivity contribution in [2.24, 2.45) is 5.92 Å². The van der Waals surface area contributed by atoms with Gasteiger partial charge in [0.15, 0.2) is 0 Å². The van der Waals surface area contributed by atoms with Gasteiger partial charge in [0.25, 0.3) is 0 Å². The molecule has 0 aliphatic heterocycles. The monoisotopic (exact) mass is 205 g/mol. The average molecular weight is 205 g/mol. The molecule has 1 N–H and O–H groups in total. The zero-order valence-electron chi connectivity index (χ0n) is 8.58. The van der Waals surface area contributed by atoms with Gasteiger partial charge >= 0.3 is 0 Å². The maximum absolute atomic E-state index is 11.0. The number of hydrogen-bond acceptors (Lipinski definition) is 3. The van der Waals surface area contributed by atoms with Gasteiger partial charge in [-0.05, 0) is 19.3 Å². The Labute approximate surface area is 80.8 Å². The van der Waals surface area contributed by atoms with E-state index in [-0.39, 0.29) is 11.8 Å². The van der Waals surface area contributed by atoms with E-state index in [0.717, 1.165) is 5.92 Å². The van der Waals surface area contributed by atoms with Crippen molar-refractivity contribution < 1.29 is 8.42 Å². The molecule has 0 radical (unpaired) electrons. The van der Waals surface area contributed by atoms with Crippen LogP contribution in [-0.2, 0) is 9.84 Å². The first-order chi connectivity index (χ1) is 5.92. The SMILES string of the molecule is CCC1CC1NC(C)CS(C)(=O)=O. The molecular formula is C9H19NO2S. The van der Waals surface area contributed by atoms with Crippen LogP contribution in [0.25, 0.3) is 0 Å². The highest BCUT2D eigenvalue weighted by Gasteiger charge is 2.35. The van der Waals surface area contributed by atoms with Gasteiger partial charge in [0.1, 0.15) is 9.84 Å². The van der Waals surface area contributed by atoms with Gasteiger partial charge in [-0.1, -0.05) is 13.3 Å². The molecule has 0 spiro atoms. The van der Waals surface area contributed by atoms with Crippen LogP contribution in [0.3, 0.4) is 0 Å². The van der Waals surface area contributed by atoms with Crippen molar-refractivity contribution in [3.63, 3.8) is 0 Å². The summed E-state index contributed by atoms with van der Waals surface area (Å²) in [6.45, 7) is 4.11. The average Bonchev–Trinajstić information content (AvgIpc) is 2.62. The summed E-state index contributed by atoms with van der Waals surface area (Å²) in [5.41, 5.74) is 0. The van der Waals surface area contributed by atoms with Crippen molar-refractivity contribution in [2.45, 2.75) is 38.8 Å². The summed E-state index contributed by atoms with van der Waals surface area (Å²) in [5, 5.41) is 3.33. The van der Waals surface area contributed by atoms with E-state index >= 15 is 0 Å². The molecule has 13 heavy (non-hydrogen) atoms. The number of nitrogens with one attached hydrogen (secondary N) is 1. The maximum Gasteiger partial charge on any atom is 0.148 e. The van der Waals surface area contributed by atoms with Gasteiger partial charge in [-0.3, -0.25) is 0 Å². The van der Waals surface area contributed by atoms with Crippen molar-refractivity contribution in [1.29, 1.82) is 0 Å². The molecule has 0 amide bonds. The fourth-order valence-corrected chi connectivity index (χ4v) is 2.78. The summed E-state index contributed by atoms with van der Waals surface area (Å²) in [6, 6.07) is 0.665. The van der Waals surface area contributed by atoms with Crippen LogP contribution in [0.5, 0.6) is 0 Å². The summed E-state index contributed by atoms with van der Waals surface area (Å²) in [4.78, 5) is 0. The first-order valence-electron chi connectivity index (χ1n) is 4.86. The maximum atomic E-state index is 11.0. The van der Waals surface area contributed by atoms with Crippen LogP contribution in [0.4, 0.5) is 0 Å². The van der Waals surface area contributed by atoms with Crippen LogP contribution in [0.1, 0.15) is 26.7 Å². The molecule has 1 aliphatic rings. The van der Waals surface area contributed by atoms with Gasteiger partial charge in [-0.2, -0.15) is 0 Å². The van der Waals surface area contributed by atoms with E-state index in [1.807, 2.05) is 6.92 Å². The van der Waals surface area contributed by atoms with E-state index in [1.165, 1.54) is 19.1 Å². The molecule has 0 saturated heterocycles. The van der Waals surface area contributed by atoms with Crippen molar-refractivity contribution in [3.05, 3.63) is 0 Å². The molecular weight excluding hydrogens is 186 g/mol. The lowest BCUT2D eigenvalue weighted by atomic mass is 10.3. The van der Waals surface area contributed by atoms with E-state index in [9.17, 15) is 8.42 Å². The molecule has 1 aliphatic carbocycles. The largest absolute Gasteiger partial charge is 0.310 e. The number of hydrogen-bond donors (Lipinski definition) is 1. The zero-order chi connectivity index (χ0) is 10.1. The van der Waals surface area contributed by atoms with Crippen molar-refractivity contribution in [3.8, 4) is 0 Å². The van der Waals surface area contributed by atoms with Gasteiger partial charge in [0.05, 0.1) is 5.75 Å². The molecule has 1 saturated carbocycles. The van der Waals surface area contributed by atoms with Crippen molar-refractivity contribution in [2.75, 3.05) is 12.0 Å². The molecule has 1 fully saturated rings. The summed E-state index contributed by atoms with van der Waals surface area (Å²) < 4.78 is 21.9. The summed E-state index contributed by atoms with van der Waals surface area (Å²) in [5.74, 6) is 1.03. The summed E-state index contributed by atoms with van der Waals surface area (Å²) >= 11 is 0. The van der Waals surface area contributed by atoms with Crippen LogP contribution in [-0.4, -0.2) is 32.5 Å². The second-order valence-corrected chi connectivity index (χ2v) is 6.36. The highest BCUT2D eigenvalue weighted by molar-refractivity contribution is 7.90. The Morgan fingerprint density at radius 2 is 2.15 bits per heavy atom. The van der Waals surface area contributed by atoms with E-state index in [0.29, 0.717) is 6.04 Å². The Hall–Kier alpha value is -0.0900. The lowest BCUT2D eigenvalue weighted by molar-refractivity contribution is 0.538. The molecule has 0 aromatic rings. The Morgan fingerprint density at radius 3 is 2.54 bits per heavy atom. The van der Waals surface area contributed by atoms with Crippen LogP contribution < -0.4 is 5.32 Å². The van der Waals surface area contributed by atoms with E-state index < -0.39 is 9.84 Å². The Kier molecular flexibility index (Phi) is 3.35. The minimum absolute atomic E-state index is 0.0940. The van der Waals surface area contributed by atoms with E-state index in [1.54, 1.807) is 0 Å². The minimum atomic E-state index is -2.83. The van der Waals surface area contributed by atoms with Gasteiger partial charge < -0.3 is 5.32 Å². The number of sulfone groups is 1. The second kappa shape index (κ2) is 3.96. The summed E-state index contributed by atoms with van der Waals surface area (Å²) in [7, 11) is -2.83. The fourth-order valence-electron chi connectivity index (χ4n) is 1.77. The van der Waals surface area contributed by atoms with Gasteiger partial charge in [-0.25, -0.2) is 8.42 Å². The lowest BCUT2D eigenvalue weighted by Gasteiger charge is -2.11. The fraction of sp³-hybridized carbons (Fsp3) is 1.00. The topological polar surface area (TPSA) is 46.2 Å². The molecule has 3 unspecified atom stereocenters. The Morgan fingerprint density at radius 1 is 1.54 bits per heavy atom. The molecule has 0 bridgehead atoms. The molecule has 0 heterocycles. The molecule has 0 aromatic heterocycles.